The van der Waals surface area contributed by atoms with E-state index in [2.05, 4.69) is 39.7 Å². The fourth-order valence-electron chi connectivity index (χ4n) is 3.53. The smallest absolute Gasteiger partial charge is 0.408 e. The highest BCUT2D eigenvalue weighted by atomic mass is 16.6. The number of rotatable bonds is 7. The number of carbonyl (C=O) groups excluding carboxylic acids is 2. The first kappa shape index (κ1) is 25.0. The van der Waals surface area contributed by atoms with Gasteiger partial charge in [-0.25, -0.2) is 4.79 Å². The number of nitrogens with zero attached hydrogens (tertiary/aromatic N) is 2. The summed E-state index contributed by atoms with van der Waals surface area (Å²) in [5.74, 6) is 1.36. The number of ether oxygens (including phenoxy) is 1. The molecule has 168 valence electrons. The third kappa shape index (κ3) is 8.50. The summed E-state index contributed by atoms with van der Waals surface area (Å²) in [5.41, 5.74) is -0.935. The molecule has 0 aromatic rings. The van der Waals surface area contributed by atoms with Gasteiger partial charge in [-0.2, -0.15) is 0 Å². The molecule has 0 aromatic heterocycles. The Labute approximate surface area is 176 Å². The van der Waals surface area contributed by atoms with Crippen LogP contribution in [0.1, 0.15) is 66.7 Å². The summed E-state index contributed by atoms with van der Waals surface area (Å²) in [7, 11) is 3.46. The molecular formula is C21H41N5O3. The maximum Gasteiger partial charge on any atom is 0.408 e. The summed E-state index contributed by atoms with van der Waals surface area (Å²) in [4.78, 5) is 30.6. The van der Waals surface area contributed by atoms with E-state index in [0.717, 1.165) is 44.7 Å². The minimum absolute atomic E-state index is 0.106. The molecule has 8 heteroatoms. The van der Waals surface area contributed by atoms with Crippen LogP contribution in [0.4, 0.5) is 4.79 Å². The SMILES string of the molecule is CCC(CC)(CNC(=NC)N1CCC(CC(=O)NC)CC1)NC(=O)OC(C)(C)C. The average molecular weight is 412 g/mol. The molecule has 0 saturated carbocycles. The Kier molecular flexibility index (Phi) is 9.73. The fourth-order valence-corrected chi connectivity index (χ4v) is 3.53. The van der Waals surface area contributed by atoms with Crippen LogP contribution < -0.4 is 16.0 Å². The maximum absolute atomic E-state index is 12.3. The van der Waals surface area contributed by atoms with Crippen molar-refractivity contribution in [2.24, 2.45) is 10.9 Å². The molecule has 0 bridgehead atoms. The Balaban J connectivity index is 2.64. The van der Waals surface area contributed by atoms with E-state index in [1.165, 1.54) is 0 Å². The quantitative estimate of drug-likeness (QED) is 0.442. The summed E-state index contributed by atoms with van der Waals surface area (Å²) < 4.78 is 5.45. The molecule has 1 fully saturated rings. The van der Waals surface area contributed by atoms with Gasteiger partial charge >= 0.3 is 6.09 Å². The van der Waals surface area contributed by atoms with Crippen LogP contribution in [0.25, 0.3) is 0 Å². The van der Waals surface area contributed by atoms with E-state index in [1.807, 2.05) is 20.8 Å². The van der Waals surface area contributed by atoms with Crippen molar-refractivity contribution < 1.29 is 14.3 Å². The van der Waals surface area contributed by atoms with E-state index in [0.29, 0.717) is 18.9 Å². The lowest BCUT2D eigenvalue weighted by molar-refractivity contribution is -0.121. The van der Waals surface area contributed by atoms with Crippen LogP contribution in [0.5, 0.6) is 0 Å². The molecule has 1 rings (SSSR count). The van der Waals surface area contributed by atoms with Crippen molar-refractivity contribution in [1.29, 1.82) is 0 Å². The van der Waals surface area contributed by atoms with Gasteiger partial charge in [-0.05, 0) is 52.4 Å². The van der Waals surface area contributed by atoms with Gasteiger partial charge in [-0.3, -0.25) is 9.79 Å². The van der Waals surface area contributed by atoms with E-state index in [1.54, 1.807) is 14.1 Å². The van der Waals surface area contributed by atoms with E-state index in [4.69, 9.17) is 4.74 Å². The van der Waals surface area contributed by atoms with Crippen LogP contribution in [-0.4, -0.2) is 67.7 Å². The highest BCUT2D eigenvalue weighted by Crippen LogP contribution is 2.21. The van der Waals surface area contributed by atoms with Crippen molar-refractivity contribution in [1.82, 2.24) is 20.9 Å². The van der Waals surface area contributed by atoms with Crippen molar-refractivity contribution in [3.8, 4) is 0 Å². The van der Waals surface area contributed by atoms with Crippen LogP contribution in [0, 0.1) is 5.92 Å². The molecule has 2 amide bonds. The lowest BCUT2D eigenvalue weighted by Gasteiger charge is -2.37. The summed E-state index contributed by atoms with van der Waals surface area (Å²) in [5, 5.41) is 9.21. The maximum atomic E-state index is 12.3. The van der Waals surface area contributed by atoms with Gasteiger partial charge in [0, 0.05) is 40.2 Å². The van der Waals surface area contributed by atoms with E-state index in [-0.39, 0.29) is 5.91 Å². The Bertz CT molecular complexity index is 559. The molecule has 0 aromatic carbocycles. The van der Waals surface area contributed by atoms with Crippen molar-refractivity contribution in [3.63, 3.8) is 0 Å². The normalized spacial score (nSPS) is 16.4. The zero-order chi connectivity index (χ0) is 22.1. The Morgan fingerprint density at radius 2 is 1.72 bits per heavy atom. The second-order valence-electron chi connectivity index (χ2n) is 8.82. The molecule has 1 saturated heterocycles. The fraction of sp³-hybridized carbons (Fsp3) is 0.857. The number of amides is 2. The van der Waals surface area contributed by atoms with Crippen molar-refractivity contribution in [2.45, 2.75) is 77.9 Å². The summed E-state index contributed by atoms with van der Waals surface area (Å²) in [6, 6.07) is 0. The highest BCUT2D eigenvalue weighted by Gasteiger charge is 2.31. The number of aliphatic imine (C=N–C) groups is 1. The third-order valence-corrected chi connectivity index (χ3v) is 5.58. The Morgan fingerprint density at radius 3 is 2.17 bits per heavy atom. The van der Waals surface area contributed by atoms with Crippen molar-refractivity contribution in [3.05, 3.63) is 0 Å². The first-order valence-corrected chi connectivity index (χ1v) is 10.8. The van der Waals surface area contributed by atoms with Gasteiger partial charge in [-0.15, -0.1) is 0 Å². The van der Waals surface area contributed by atoms with Gasteiger partial charge in [0.2, 0.25) is 5.91 Å². The number of alkyl carbamates (subject to hydrolysis) is 1. The largest absolute Gasteiger partial charge is 0.444 e. The van der Waals surface area contributed by atoms with E-state index in [9.17, 15) is 9.59 Å². The Hall–Kier alpha value is -1.99. The molecule has 1 heterocycles. The predicted molar refractivity (Wildman–Crippen MR) is 117 cm³/mol. The first-order chi connectivity index (χ1) is 13.6. The summed E-state index contributed by atoms with van der Waals surface area (Å²) in [6.07, 6.45) is 3.69. The molecule has 1 aliphatic rings. The molecule has 8 nitrogen and oxygen atoms in total. The predicted octanol–water partition coefficient (Wildman–Crippen LogP) is 2.49. The highest BCUT2D eigenvalue weighted by molar-refractivity contribution is 5.80. The molecule has 0 spiro atoms. The number of hydrogen-bond acceptors (Lipinski definition) is 4. The van der Waals surface area contributed by atoms with Gasteiger partial charge < -0.3 is 25.6 Å². The number of likely N-dealkylation sites (tertiary alicyclic amines) is 1. The minimum atomic E-state index is -0.528. The number of nitrogens with one attached hydrogen (secondary N) is 3. The molecule has 0 atom stereocenters. The van der Waals surface area contributed by atoms with Crippen LogP contribution in [-0.2, 0) is 9.53 Å². The van der Waals surface area contributed by atoms with E-state index < -0.39 is 17.2 Å². The lowest BCUT2D eigenvalue weighted by atomic mass is 9.92. The number of carbonyl (C=O) groups is 2. The van der Waals surface area contributed by atoms with Gasteiger partial charge in [0.1, 0.15) is 5.60 Å². The molecule has 29 heavy (non-hydrogen) atoms. The van der Waals surface area contributed by atoms with Crippen LogP contribution in [0.15, 0.2) is 4.99 Å². The van der Waals surface area contributed by atoms with Crippen LogP contribution in [0.2, 0.25) is 0 Å². The van der Waals surface area contributed by atoms with Gasteiger partial charge in [-0.1, -0.05) is 13.8 Å². The minimum Gasteiger partial charge on any atom is -0.444 e. The van der Waals surface area contributed by atoms with Crippen LogP contribution >= 0.6 is 0 Å². The monoisotopic (exact) mass is 411 g/mol. The number of guanidine groups is 1. The molecule has 1 aliphatic heterocycles. The van der Waals surface area contributed by atoms with Crippen LogP contribution in [0.3, 0.4) is 0 Å². The third-order valence-electron chi connectivity index (χ3n) is 5.58. The van der Waals surface area contributed by atoms with Gasteiger partial charge in [0.15, 0.2) is 5.96 Å². The van der Waals surface area contributed by atoms with Gasteiger partial charge in [0.05, 0.1) is 5.54 Å². The average Bonchev–Trinajstić information content (AvgIpc) is 2.67. The molecule has 0 radical (unpaired) electrons. The zero-order valence-corrected chi connectivity index (χ0v) is 19.4. The second-order valence-corrected chi connectivity index (χ2v) is 8.82. The zero-order valence-electron chi connectivity index (χ0n) is 19.4. The van der Waals surface area contributed by atoms with Crippen molar-refractivity contribution in [2.75, 3.05) is 33.7 Å². The summed E-state index contributed by atoms with van der Waals surface area (Å²) in [6.45, 7) is 12.0. The van der Waals surface area contributed by atoms with Crippen molar-refractivity contribution >= 4 is 18.0 Å². The first-order valence-electron chi connectivity index (χ1n) is 10.8. The molecule has 3 N–H and O–H groups in total. The second kappa shape index (κ2) is 11.3. The number of piperidine rings is 1. The Morgan fingerprint density at radius 1 is 1.14 bits per heavy atom. The molecular weight excluding hydrogens is 370 g/mol. The molecule has 0 aliphatic carbocycles. The number of hydrogen-bond donors (Lipinski definition) is 3. The standard InChI is InChI=1S/C21H41N5O3/c1-8-21(9-2,25-19(28)29-20(3,4)5)15-24-18(23-7)26-12-10-16(11-13-26)14-17(27)22-6/h16H,8-15H2,1-7H3,(H,22,27)(H,23,24)(H,25,28). The lowest BCUT2D eigenvalue weighted by Crippen LogP contribution is -2.58. The summed E-state index contributed by atoms with van der Waals surface area (Å²) >= 11 is 0. The molecule has 0 unspecified atom stereocenters. The van der Waals surface area contributed by atoms with Gasteiger partial charge in [0.25, 0.3) is 0 Å². The topological polar surface area (TPSA) is 95.1 Å². The van der Waals surface area contributed by atoms with E-state index >= 15 is 0 Å².